The molecule has 1 aliphatic rings. The van der Waals surface area contributed by atoms with Gasteiger partial charge in [-0.05, 0) is 0 Å². The highest BCUT2D eigenvalue weighted by molar-refractivity contribution is 5.86. The van der Waals surface area contributed by atoms with E-state index in [0.717, 1.165) is 0 Å². The summed E-state index contributed by atoms with van der Waals surface area (Å²) in [5, 5.41) is 2.86. The molecule has 1 N–H and O–H groups in total. The van der Waals surface area contributed by atoms with E-state index in [1.807, 2.05) is 13.8 Å². The summed E-state index contributed by atoms with van der Waals surface area (Å²) >= 11 is 0. The van der Waals surface area contributed by atoms with Crippen molar-refractivity contribution in [2.24, 2.45) is 5.92 Å². The van der Waals surface area contributed by atoms with Crippen molar-refractivity contribution in [3.05, 3.63) is 0 Å². The Kier molecular flexibility index (Phi) is 2.60. The summed E-state index contributed by atoms with van der Waals surface area (Å²) in [4.78, 5) is 11.3. The van der Waals surface area contributed by atoms with Crippen molar-refractivity contribution in [2.45, 2.75) is 32.5 Å². The topological polar surface area (TPSA) is 29.1 Å². The van der Waals surface area contributed by atoms with Crippen molar-refractivity contribution in [1.82, 2.24) is 5.32 Å². The molecule has 3 heteroatoms. The smallest absolute Gasteiger partial charge is 0.152 e. The molecular formula is C8H14FNO. The van der Waals surface area contributed by atoms with Gasteiger partial charge in [0.2, 0.25) is 0 Å². The largest absolute Gasteiger partial charge is 0.304 e. The van der Waals surface area contributed by atoms with E-state index in [0.29, 0.717) is 13.0 Å². The Morgan fingerprint density at radius 3 is 2.64 bits per heavy atom. The predicted molar refractivity (Wildman–Crippen MR) is 41.1 cm³/mol. The third-order valence-corrected chi connectivity index (χ3v) is 1.99. The van der Waals surface area contributed by atoms with E-state index in [1.165, 1.54) is 0 Å². The molecule has 0 aromatic heterocycles. The summed E-state index contributed by atoms with van der Waals surface area (Å²) < 4.78 is 12.6. The van der Waals surface area contributed by atoms with E-state index >= 15 is 0 Å². The van der Waals surface area contributed by atoms with Crippen LogP contribution in [0.15, 0.2) is 0 Å². The van der Waals surface area contributed by atoms with Gasteiger partial charge in [-0.25, -0.2) is 4.39 Å². The number of hydrogen-bond acceptors (Lipinski definition) is 2. The summed E-state index contributed by atoms with van der Waals surface area (Å²) in [5.74, 6) is 0.142. The molecule has 1 aliphatic heterocycles. The Morgan fingerprint density at radius 2 is 2.27 bits per heavy atom. The van der Waals surface area contributed by atoms with Gasteiger partial charge in [-0.15, -0.1) is 0 Å². The minimum Gasteiger partial charge on any atom is -0.304 e. The van der Waals surface area contributed by atoms with Crippen molar-refractivity contribution < 1.29 is 9.18 Å². The quantitative estimate of drug-likeness (QED) is 0.649. The van der Waals surface area contributed by atoms with Gasteiger partial charge in [-0.3, -0.25) is 4.79 Å². The average Bonchev–Trinajstić information content (AvgIpc) is 2.34. The van der Waals surface area contributed by atoms with Gasteiger partial charge >= 0.3 is 0 Å². The molecule has 1 rings (SSSR count). The minimum absolute atomic E-state index is 0.0119. The SMILES string of the molecule is CC(C)C(=O)C1CC(F)CN1. The Labute approximate surface area is 66.2 Å². The first-order chi connectivity index (χ1) is 5.11. The molecule has 2 nitrogen and oxygen atoms in total. The third kappa shape index (κ3) is 1.99. The van der Waals surface area contributed by atoms with Crippen LogP contribution in [0.5, 0.6) is 0 Å². The van der Waals surface area contributed by atoms with Crippen LogP contribution in [-0.4, -0.2) is 24.5 Å². The fourth-order valence-electron chi connectivity index (χ4n) is 1.31. The van der Waals surface area contributed by atoms with Crippen molar-refractivity contribution in [3.63, 3.8) is 0 Å². The van der Waals surface area contributed by atoms with Gasteiger partial charge in [0.15, 0.2) is 5.78 Å². The lowest BCUT2D eigenvalue weighted by Gasteiger charge is -2.10. The maximum atomic E-state index is 12.6. The minimum atomic E-state index is -0.831. The van der Waals surface area contributed by atoms with Gasteiger partial charge in [-0.1, -0.05) is 13.8 Å². The second-order valence-corrected chi connectivity index (χ2v) is 3.35. The van der Waals surface area contributed by atoms with Crippen LogP contribution in [0.4, 0.5) is 4.39 Å². The van der Waals surface area contributed by atoms with Crippen LogP contribution >= 0.6 is 0 Å². The summed E-state index contributed by atoms with van der Waals surface area (Å²) in [6, 6.07) is -0.231. The van der Waals surface area contributed by atoms with E-state index in [4.69, 9.17) is 0 Å². The zero-order chi connectivity index (χ0) is 8.43. The highest BCUT2D eigenvalue weighted by Crippen LogP contribution is 2.13. The number of nitrogens with one attached hydrogen (secondary N) is 1. The number of ketones is 1. The fourth-order valence-corrected chi connectivity index (χ4v) is 1.31. The highest BCUT2D eigenvalue weighted by atomic mass is 19.1. The predicted octanol–water partition coefficient (Wildman–Crippen LogP) is 0.911. The first-order valence-electron chi connectivity index (χ1n) is 4.02. The molecule has 0 aromatic rings. The lowest BCUT2D eigenvalue weighted by atomic mass is 10.0. The zero-order valence-corrected chi connectivity index (χ0v) is 6.93. The second-order valence-electron chi connectivity index (χ2n) is 3.35. The molecule has 64 valence electrons. The van der Waals surface area contributed by atoms with Crippen LogP contribution in [0.3, 0.4) is 0 Å². The van der Waals surface area contributed by atoms with Crippen molar-refractivity contribution in [1.29, 1.82) is 0 Å². The maximum absolute atomic E-state index is 12.6. The Hall–Kier alpha value is -0.440. The highest BCUT2D eigenvalue weighted by Gasteiger charge is 2.29. The first kappa shape index (κ1) is 8.65. The molecule has 2 unspecified atom stereocenters. The third-order valence-electron chi connectivity index (χ3n) is 1.99. The van der Waals surface area contributed by atoms with E-state index in [9.17, 15) is 9.18 Å². The van der Waals surface area contributed by atoms with Crippen LogP contribution in [0.25, 0.3) is 0 Å². The molecule has 0 aliphatic carbocycles. The Bertz CT molecular complexity index is 158. The number of halogens is 1. The average molecular weight is 159 g/mol. The number of hydrogen-bond donors (Lipinski definition) is 1. The number of Topliss-reactive ketones (excluding diaryl/α,β-unsaturated/α-hetero) is 1. The van der Waals surface area contributed by atoms with Crippen molar-refractivity contribution >= 4 is 5.78 Å². The standard InChI is InChI=1S/C8H14FNO/c1-5(2)8(11)7-3-6(9)4-10-7/h5-7,10H,3-4H2,1-2H3. The van der Waals surface area contributed by atoms with Crippen molar-refractivity contribution in [3.8, 4) is 0 Å². The molecule has 0 bridgehead atoms. The van der Waals surface area contributed by atoms with Gasteiger partial charge in [0.05, 0.1) is 6.04 Å². The fraction of sp³-hybridized carbons (Fsp3) is 0.875. The summed E-state index contributed by atoms with van der Waals surface area (Å²) in [5.41, 5.74) is 0. The molecule has 1 heterocycles. The molecule has 2 atom stereocenters. The van der Waals surface area contributed by atoms with Gasteiger partial charge < -0.3 is 5.32 Å². The van der Waals surface area contributed by atoms with E-state index in [2.05, 4.69) is 5.32 Å². The number of carbonyl (C=O) groups excluding carboxylic acids is 1. The van der Waals surface area contributed by atoms with E-state index < -0.39 is 6.17 Å². The van der Waals surface area contributed by atoms with Crippen LogP contribution in [-0.2, 0) is 4.79 Å². The summed E-state index contributed by atoms with van der Waals surface area (Å²) in [7, 11) is 0. The lowest BCUT2D eigenvalue weighted by molar-refractivity contribution is -0.123. The Morgan fingerprint density at radius 1 is 1.64 bits per heavy atom. The normalized spacial score (nSPS) is 31.3. The summed E-state index contributed by atoms with van der Waals surface area (Å²) in [6.07, 6.45) is -0.473. The van der Waals surface area contributed by atoms with E-state index in [1.54, 1.807) is 0 Å². The molecular weight excluding hydrogens is 145 g/mol. The molecule has 1 saturated heterocycles. The monoisotopic (exact) mass is 159 g/mol. The van der Waals surface area contributed by atoms with Crippen LogP contribution in [0, 0.1) is 5.92 Å². The summed E-state index contributed by atoms with van der Waals surface area (Å²) in [6.45, 7) is 4.02. The van der Waals surface area contributed by atoms with Gasteiger partial charge in [0.25, 0.3) is 0 Å². The molecule has 0 spiro atoms. The van der Waals surface area contributed by atoms with Crippen molar-refractivity contribution in [2.75, 3.05) is 6.54 Å². The van der Waals surface area contributed by atoms with Crippen LogP contribution < -0.4 is 5.32 Å². The second kappa shape index (κ2) is 3.30. The molecule has 0 saturated carbocycles. The van der Waals surface area contributed by atoms with Gasteiger partial charge in [-0.2, -0.15) is 0 Å². The molecule has 0 amide bonds. The van der Waals surface area contributed by atoms with Crippen LogP contribution in [0.1, 0.15) is 20.3 Å². The van der Waals surface area contributed by atoms with E-state index in [-0.39, 0.29) is 17.7 Å². The van der Waals surface area contributed by atoms with Gasteiger partial charge in [0, 0.05) is 18.9 Å². The molecule has 1 fully saturated rings. The number of alkyl halides is 1. The molecule has 11 heavy (non-hydrogen) atoms. The number of rotatable bonds is 2. The van der Waals surface area contributed by atoms with Crippen LogP contribution in [0.2, 0.25) is 0 Å². The van der Waals surface area contributed by atoms with Gasteiger partial charge in [0.1, 0.15) is 6.17 Å². The number of carbonyl (C=O) groups is 1. The maximum Gasteiger partial charge on any atom is 0.152 e. The Balaban J connectivity index is 2.43. The molecule has 0 aromatic carbocycles. The lowest BCUT2D eigenvalue weighted by Crippen LogP contribution is -2.33. The zero-order valence-electron chi connectivity index (χ0n) is 6.93. The first-order valence-corrected chi connectivity index (χ1v) is 4.02. The molecule has 0 radical (unpaired) electrons.